The smallest absolute Gasteiger partial charge is 0.255 e. The minimum atomic E-state index is -0.650. The third kappa shape index (κ3) is 6.02. The number of anilines is 1. The van der Waals surface area contributed by atoms with Crippen LogP contribution < -0.4 is 10.8 Å². The molecular weight excluding hydrogens is 320 g/mol. The molecule has 0 aliphatic carbocycles. The van der Waals surface area contributed by atoms with Gasteiger partial charge in [-0.2, -0.15) is 0 Å². The fourth-order valence-corrected chi connectivity index (χ4v) is 2.43. The van der Waals surface area contributed by atoms with Crippen molar-refractivity contribution < 1.29 is 19.9 Å². The predicted molar refractivity (Wildman–Crippen MR) is 94.2 cm³/mol. The molecule has 0 heterocycles. The van der Waals surface area contributed by atoms with Crippen molar-refractivity contribution in [1.29, 1.82) is 0 Å². The largest absolute Gasteiger partial charge is 0.388 e. The molecule has 0 aliphatic heterocycles. The van der Waals surface area contributed by atoms with E-state index < -0.39 is 12.0 Å². The van der Waals surface area contributed by atoms with E-state index in [4.69, 9.17) is 5.21 Å². The quantitative estimate of drug-likeness (QED) is 0.337. The van der Waals surface area contributed by atoms with Crippen molar-refractivity contribution in [3.05, 3.63) is 65.7 Å². The number of amides is 2. The number of carbonyl (C=O) groups excluding carboxylic acids is 2. The maximum atomic E-state index is 12.2. The Morgan fingerprint density at radius 3 is 2.28 bits per heavy atom. The lowest BCUT2D eigenvalue weighted by Crippen LogP contribution is -2.17. The predicted octanol–water partition coefficient (Wildman–Crippen LogP) is 3.04. The Hall–Kier alpha value is -2.70. The summed E-state index contributed by atoms with van der Waals surface area (Å²) in [6.07, 6.45) is 1.32. The van der Waals surface area contributed by atoms with E-state index in [1.807, 2.05) is 30.3 Å². The number of aliphatic hydroxyl groups excluding tert-OH is 1. The van der Waals surface area contributed by atoms with Crippen LogP contribution >= 0.6 is 0 Å². The highest BCUT2D eigenvalue weighted by molar-refractivity contribution is 6.04. The lowest BCUT2D eigenvalue weighted by molar-refractivity contribution is -0.129. The van der Waals surface area contributed by atoms with Crippen LogP contribution in [0.3, 0.4) is 0 Å². The highest BCUT2D eigenvalue weighted by Gasteiger charge is 2.10. The molecule has 0 spiro atoms. The first-order chi connectivity index (χ1) is 12.1. The van der Waals surface area contributed by atoms with Crippen molar-refractivity contribution in [2.45, 2.75) is 31.8 Å². The van der Waals surface area contributed by atoms with Gasteiger partial charge in [0.2, 0.25) is 5.91 Å². The topological polar surface area (TPSA) is 98.7 Å². The van der Waals surface area contributed by atoms with Crippen LogP contribution in [0, 0.1) is 0 Å². The summed E-state index contributed by atoms with van der Waals surface area (Å²) < 4.78 is 0. The molecule has 6 heteroatoms. The second kappa shape index (κ2) is 9.56. The molecular formula is C19H22N2O4. The molecule has 0 saturated carbocycles. The molecule has 0 aliphatic rings. The summed E-state index contributed by atoms with van der Waals surface area (Å²) in [5.41, 5.74) is 3.54. The first kappa shape index (κ1) is 18.6. The molecule has 25 heavy (non-hydrogen) atoms. The van der Waals surface area contributed by atoms with Crippen LogP contribution in [-0.4, -0.2) is 22.1 Å². The molecule has 6 nitrogen and oxygen atoms in total. The zero-order chi connectivity index (χ0) is 18.1. The van der Waals surface area contributed by atoms with Gasteiger partial charge in [0.1, 0.15) is 0 Å². The van der Waals surface area contributed by atoms with Crippen molar-refractivity contribution in [2.75, 3.05) is 5.32 Å². The number of hydrogen-bond donors (Lipinski definition) is 4. The van der Waals surface area contributed by atoms with E-state index >= 15 is 0 Å². The third-order valence-corrected chi connectivity index (χ3v) is 3.85. The first-order valence-electron chi connectivity index (χ1n) is 8.17. The number of aliphatic hydroxyl groups is 1. The monoisotopic (exact) mass is 342 g/mol. The van der Waals surface area contributed by atoms with Crippen molar-refractivity contribution in [2.24, 2.45) is 0 Å². The molecule has 4 N–H and O–H groups in total. The summed E-state index contributed by atoms with van der Waals surface area (Å²) in [6.45, 7) is 0. The molecule has 0 aromatic heterocycles. The van der Waals surface area contributed by atoms with E-state index in [0.29, 0.717) is 24.8 Å². The van der Waals surface area contributed by atoms with Crippen LogP contribution in [0.15, 0.2) is 54.6 Å². The number of carbonyl (C=O) groups is 2. The van der Waals surface area contributed by atoms with Gasteiger partial charge in [-0.3, -0.25) is 14.8 Å². The number of nitrogens with one attached hydrogen (secondary N) is 2. The highest BCUT2D eigenvalue weighted by Crippen LogP contribution is 2.20. The average molecular weight is 342 g/mol. The van der Waals surface area contributed by atoms with Gasteiger partial charge in [-0.05, 0) is 42.7 Å². The Morgan fingerprint density at radius 1 is 0.960 bits per heavy atom. The highest BCUT2D eigenvalue weighted by atomic mass is 16.5. The van der Waals surface area contributed by atoms with Crippen LogP contribution in [0.4, 0.5) is 5.69 Å². The van der Waals surface area contributed by atoms with Gasteiger partial charge < -0.3 is 10.4 Å². The number of benzene rings is 2. The van der Waals surface area contributed by atoms with E-state index in [0.717, 1.165) is 11.3 Å². The van der Waals surface area contributed by atoms with Crippen molar-refractivity contribution >= 4 is 17.5 Å². The molecule has 2 amide bonds. The molecule has 2 aromatic carbocycles. The molecule has 2 aromatic rings. The van der Waals surface area contributed by atoms with E-state index in [-0.39, 0.29) is 12.3 Å². The number of para-hydroxylation sites is 1. The normalized spacial score (nSPS) is 11.6. The zero-order valence-electron chi connectivity index (χ0n) is 13.8. The summed E-state index contributed by atoms with van der Waals surface area (Å²) in [5, 5.41) is 21.4. The zero-order valence-corrected chi connectivity index (χ0v) is 13.8. The lowest BCUT2D eigenvalue weighted by Gasteiger charge is -2.11. The van der Waals surface area contributed by atoms with E-state index in [1.165, 1.54) is 0 Å². The van der Waals surface area contributed by atoms with E-state index in [9.17, 15) is 14.7 Å². The van der Waals surface area contributed by atoms with Crippen LogP contribution in [0.2, 0.25) is 0 Å². The van der Waals surface area contributed by atoms with Crippen LogP contribution in [-0.2, 0) is 4.79 Å². The van der Waals surface area contributed by atoms with E-state index in [1.54, 1.807) is 29.7 Å². The van der Waals surface area contributed by atoms with Crippen molar-refractivity contribution in [3.8, 4) is 0 Å². The van der Waals surface area contributed by atoms with Gasteiger partial charge in [0.05, 0.1) is 6.10 Å². The molecule has 2 rings (SSSR count). The Kier molecular flexibility index (Phi) is 7.13. The Bertz CT molecular complexity index is 686. The number of hydrogen-bond acceptors (Lipinski definition) is 4. The van der Waals surface area contributed by atoms with E-state index in [2.05, 4.69) is 5.32 Å². The summed E-state index contributed by atoms with van der Waals surface area (Å²) in [7, 11) is 0. The maximum Gasteiger partial charge on any atom is 0.255 e. The Balaban J connectivity index is 1.84. The van der Waals surface area contributed by atoms with Gasteiger partial charge in [0, 0.05) is 17.7 Å². The number of unbranched alkanes of at least 4 members (excludes halogenated alkanes) is 1. The summed E-state index contributed by atoms with van der Waals surface area (Å²) in [4.78, 5) is 23.1. The second-order valence-corrected chi connectivity index (χ2v) is 5.74. The molecule has 0 fully saturated rings. The van der Waals surface area contributed by atoms with Gasteiger partial charge in [-0.1, -0.05) is 36.8 Å². The standard InChI is InChI=1S/C19H22N2O4/c22-17(8-4-5-9-18(23)21-25)14-10-12-15(13-11-14)19(24)20-16-6-2-1-3-7-16/h1-3,6-7,10-13,17,22,25H,4-5,8-9H2,(H,20,24)(H,21,23)/t17-/m1/s1. The fourth-order valence-electron chi connectivity index (χ4n) is 2.43. The Labute approximate surface area is 146 Å². The first-order valence-corrected chi connectivity index (χ1v) is 8.17. The third-order valence-electron chi connectivity index (χ3n) is 3.85. The Morgan fingerprint density at radius 2 is 1.64 bits per heavy atom. The molecule has 132 valence electrons. The fraction of sp³-hybridized carbons (Fsp3) is 0.263. The van der Waals surface area contributed by atoms with Gasteiger partial charge in [0.25, 0.3) is 5.91 Å². The molecule has 1 atom stereocenters. The lowest BCUT2D eigenvalue weighted by atomic mass is 10.0. The van der Waals surface area contributed by atoms with Crippen LogP contribution in [0.25, 0.3) is 0 Å². The summed E-state index contributed by atoms with van der Waals surface area (Å²) in [5.74, 6) is -0.634. The van der Waals surface area contributed by atoms with Crippen LogP contribution in [0.5, 0.6) is 0 Å². The minimum absolute atomic E-state index is 0.206. The van der Waals surface area contributed by atoms with Gasteiger partial charge >= 0.3 is 0 Å². The number of rotatable bonds is 8. The second-order valence-electron chi connectivity index (χ2n) is 5.74. The molecule has 0 radical (unpaired) electrons. The summed E-state index contributed by atoms with van der Waals surface area (Å²) >= 11 is 0. The SMILES string of the molecule is O=C(CCCC[C@@H](O)c1ccc(C(=O)Nc2ccccc2)cc1)NO. The van der Waals surface area contributed by atoms with Crippen molar-refractivity contribution in [1.82, 2.24) is 5.48 Å². The summed E-state index contributed by atoms with van der Waals surface area (Å²) in [6, 6.07) is 16.0. The minimum Gasteiger partial charge on any atom is -0.388 e. The van der Waals surface area contributed by atoms with Gasteiger partial charge in [-0.25, -0.2) is 5.48 Å². The van der Waals surface area contributed by atoms with Gasteiger partial charge in [0.15, 0.2) is 0 Å². The number of hydroxylamine groups is 1. The average Bonchev–Trinajstić information content (AvgIpc) is 2.65. The molecule has 0 saturated heterocycles. The van der Waals surface area contributed by atoms with Crippen LogP contribution in [0.1, 0.15) is 47.7 Å². The maximum absolute atomic E-state index is 12.2. The van der Waals surface area contributed by atoms with Gasteiger partial charge in [-0.15, -0.1) is 0 Å². The molecule has 0 unspecified atom stereocenters. The molecule has 0 bridgehead atoms. The van der Waals surface area contributed by atoms with Crippen molar-refractivity contribution in [3.63, 3.8) is 0 Å².